The maximum atomic E-state index is 11.2. The zero-order valence-corrected chi connectivity index (χ0v) is 12.0. The Kier molecular flexibility index (Phi) is 3.83. The number of rotatable bonds is 5. The van der Waals surface area contributed by atoms with E-state index in [2.05, 4.69) is 4.98 Å². The predicted molar refractivity (Wildman–Crippen MR) is 82.4 cm³/mol. The molecule has 0 fully saturated rings. The molecule has 0 aliphatic rings. The lowest BCUT2D eigenvalue weighted by atomic mass is 10.0. The Morgan fingerprint density at radius 2 is 2.05 bits per heavy atom. The maximum Gasteiger partial charge on any atom is 0.305 e. The van der Waals surface area contributed by atoms with Gasteiger partial charge in [0.15, 0.2) is 0 Å². The van der Waals surface area contributed by atoms with E-state index in [-0.39, 0.29) is 12.5 Å². The van der Waals surface area contributed by atoms with E-state index in [4.69, 9.17) is 0 Å². The van der Waals surface area contributed by atoms with Gasteiger partial charge in [-0.3, -0.25) is 4.79 Å². The van der Waals surface area contributed by atoms with Crippen LogP contribution in [0.5, 0.6) is 0 Å². The molecule has 5 heteroatoms. The monoisotopic (exact) mass is 298 g/mol. The third-order valence-corrected chi connectivity index (χ3v) is 4.22. The van der Waals surface area contributed by atoms with Gasteiger partial charge in [-0.15, -0.1) is 11.3 Å². The Morgan fingerprint density at radius 1 is 1.24 bits per heavy atom. The van der Waals surface area contributed by atoms with Gasteiger partial charge < -0.3 is 9.67 Å². The molecule has 0 radical (unpaired) electrons. The second-order valence-electron chi connectivity index (χ2n) is 4.69. The summed E-state index contributed by atoms with van der Waals surface area (Å²) in [6.07, 6.45) is 3.51. The van der Waals surface area contributed by atoms with E-state index in [0.29, 0.717) is 0 Å². The average Bonchev–Trinajstić information content (AvgIpc) is 3.16. The Morgan fingerprint density at radius 3 is 2.71 bits per heavy atom. The zero-order chi connectivity index (χ0) is 14.7. The molecule has 1 aromatic carbocycles. The smallest absolute Gasteiger partial charge is 0.305 e. The third-order valence-electron chi connectivity index (χ3n) is 3.33. The molecule has 2 aromatic heterocycles. The van der Waals surface area contributed by atoms with E-state index in [1.54, 1.807) is 23.9 Å². The molecule has 0 amide bonds. The summed E-state index contributed by atoms with van der Waals surface area (Å²) in [5, 5.41) is 11.2. The van der Waals surface area contributed by atoms with Gasteiger partial charge in [0.05, 0.1) is 35.6 Å². The molecule has 1 unspecified atom stereocenters. The topological polar surface area (TPSA) is 55.1 Å². The summed E-state index contributed by atoms with van der Waals surface area (Å²) in [7, 11) is 0. The van der Waals surface area contributed by atoms with Crippen molar-refractivity contribution in [2.24, 2.45) is 0 Å². The van der Waals surface area contributed by atoms with E-state index in [0.717, 1.165) is 16.1 Å². The number of hydrogen-bond donors (Lipinski definition) is 1. The number of benzene rings is 1. The molecule has 21 heavy (non-hydrogen) atoms. The fraction of sp³-hybridized carbons (Fsp3) is 0.125. The molecular weight excluding hydrogens is 284 g/mol. The molecule has 1 N–H and O–H groups in total. The van der Waals surface area contributed by atoms with Gasteiger partial charge in [-0.25, -0.2) is 4.98 Å². The van der Waals surface area contributed by atoms with Gasteiger partial charge in [-0.2, -0.15) is 0 Å². The van der Waals surface area contributed by atoms with Gasteiger partial charge >= 0.3 is 5.97 Å². The SMILES string of the molecule is O=C(O)CC(c1ccccc1)n1cncc1-c1cccs1. The fourth-order valence-corrected chi connectivity index (χ4v) is 3.13. The number of carboxylic acids is 1. The van der Waals surface area contributed by atoms with Crippen molar-refractivity contribution >= 4 is 17.3 Å². The van der Waals surface area contributed by atoms with Crippen LogP contribution in [0.25, 0.3) is 10.6 Å². The van der Waals surface area contributed by atoms with Gasteiger partial charge in [0, 0.05) is 0 Å². The number of imidazole rings is 1. The van der Waals surface area contributed by atoms with Crippen LogP contribution in [0.15, 0.2) is 60.4 Å². The standard InChI is InChI=1S/C16H14N2O2S/c19-16(20)9-13(12-5-2-1-3-6-12)18-11-17-10-14(18)15-7-4-8-21-15/h1-8,10-11,13H,9H2,(H,19,20). The molecule has 0 bridgehead atoms. The number of aromatic nitrogens is 2. The summed E-state index contributed by atoms with van der Waals surface area (Å²) in [4.78, 5) is 16.5. The van der Waals surface area contributed by atoms with Crippen LogP contribution in [0, 0.1) is 0 Å². The first-order chi connectivity index (χ1) is 10.3. The Hall–Kier alpha value is -2.40. The molecule has 106 valence electrons. The van der Waals surface area contributed by atoms with E-state index in [1.165, 1.54) is 0 Å². The lowest BCUT2D eigenvalue weighted by Crippen LogP contribution is -2.15. The largest absolute Gasteiger partial charge is 0.481 e. The summed E-state index contributed by atoms with van der Waals surface area (Å²) < 4.78 is 1.94. The van der Waals surface area contributed by atoms with Crippen molar-refractivity contribution < 1.29 is 9.90 Å². The predicted octanol–water partition coefficient (Wildman–Crippen LogP) is 3.68. The summed E-state index contributed by atoms with van der Waals surface area (Å²) >= 11 is 1.62. The molecule has 3 aromatic rings. The van der Waals surface area contributed by atoms with Crippen molar-refractivity contribution in [3.63, 3.8) is 0 Å². The minimum atomic E-state index is -0.824. The van der Waals surface area contributed by atoms with Crippen molar-refractivity contribution in [3.05, 3.63) is 65.9 Å². The molecule has 3 rings (SSSR count). The van der Waals surface area contributed by atoms with Crippen LogP contribution in [-0.2, 0) is 4.79 Å². The quantitative estimate of drug-likeness (QED) is 0.782. The number of nitrogens with zero attached hydrogens (tertiary/aromatic N) is 2. The molecule has 0 spiro atoms. The lowest BCUT2D eigenvalue weighted by molar-refractivity contribution is -0.137. The van der Waals surface area contributed by atoms with Crippen LogP contribution in [0.1, 0.15) is 18.0 Å². The van der Waals surface area contributed by atoms with Crippen molar-refractivity contribution in [2.75, 3.05) is 0 Å². The van der Waals surface area contributed by atoms with E-state index in [9.17, 15) is 9.90 Å². The van der Waals surface area contributed by atoms with Crippen LogP contribution < -0.4 is 0 Å². The fourth-order valence-electron chi connectivity index (χ4n) is 2.39. The lowest BCUT2D eigenvalue weighted by Gasteiger charge is -2.19. The van der Waals surface area contributed by atoms with E-state index < -0.39 is 5.97 Å². The minimum absolute atomic E-state index is 0.0265. The second-order valence-corrected chi connectivity index (χ2v) is 5.64. The third kappa shape index (κ3) is 2.87. The molecular formula is C16H14N2O2S. The highest BCUT2D eigenvalue weighted by Gasteiger charge is 2.20. The molecule has 0 saturated carbocycles. The van der Waals surface area contributed by atoms with E-state index >= 15 is 0 Å². The van der Waals surface area contributed by atoms with Crippen molar-refractivity contribution in [2.45, 2.75) is 12.5 Å². The molecule has 0 saturated heterocycles. The first kappa shape index (κ1) is 13.6. The van der Waals surface area contributed by atoms with Crippen LogP contribution in [0.3, 0.4) is 0 Å². The average molecular weight is 298 g/mol. The number of aliphatic carboxylic acids is 1. The highest BCUT2D eigenvalue weighted by molar-refractivity contribution is 7.13. The maximum absolute atomic E-state index is 11.2. The van der Waals surface area contributed by atoms with Gasteiger partial charge in [0.2, 0.25) is 0 Å². The van der Waals surface area contributed by atoms with Crippen LogP contribution in [-0.4, -0.2) is 20.6 Å². The van der Waals surface area contributed by atoms with E-state index in [1.807, 2.05) is 52.4 Å². The molecule has 2 heterocycles. The Bertz CT molecular complexity index is 720. The summed E-state index contributed by atoms with van der Waals surface area (Å²) in [6.45, 7) is 0. The normalized spacial score (nSPS) is 12.2. The van der Waals surface area contributed by atoms with Crippen LogP contribution >= 0.6 is 11.3 Å². The highest BCUT2D eigenvalue weighted by atomic mass is 32.1. The molecule has 0 aliphatic heterocycles. The summed E-state index contributed by atoms with van der Waals surface area (Å²) in [5.41, 5.74) is 1.91. The highest BCUT2D eigenvalue weighted by Crippen LogP contribution is 2.31. The van der Waals surface area contributed by atoms with Gasteiger partial charge in [0.1, 0.15) is 0 Å². The number of hydrogen-bond acceptors (Lipinski definition) is 3. The van der Waals surface area contributed by atoms with Gasteiger partial charge in [-0.05, 0) is 17.0 Å². The van der Waals surface area contributed by atoms with Crippen LogP contribution in [0.2, 0.25) is 0 Å². The zero-order valence-electron chi connectivity index (χ0n) is 11.2. The molecule has 1 atom stereocenters. The van der Waals surface area contributed by atoms with Crippen LogP contribution in [0.4, 0.5) is 0 Å². The summed E-state index contributed by atoms with van der Waals surface area (Å²) in [6, 6.07) is 13.4. The molecule has 0 aliphatic carbocycles. The Labute approximate surface area is 126 Å². The van der Waals surface area contributed by atoms with Crippen molar-refractivity contribution in [1.82, 2.24) is 9.55 Å². The van der Waals surface area contributed by atoms with Gasteiger partial charge in [-0.1, -0.05) is 36.4 Å². The number of thiophene rings is 1. The number of carboxylic acid groups (broad SMARTS) is 1. The first-order valence-electron chi connectivity index (χ1n) is 6.58. The number of carbonyl (C=O) groups is 1. The summed E-state index contributed by atoms with van der Waals surface area (Å²) in [5.74, 6) is -0.824. The van der Waals surface area contributed by atoms with Gasteiger partial charge in [0.25, 0.3) is 0 Å². The van der Waals surface area contributed by atoms with Crippen molar-refractivity contribution in [3.8, 4) is 10.6 Å². The second kappa shape index (κ2) is 5.93. The Balaban J connectivity index is 2.06. The minimum Gasteiger partial charge on any atom is -0.481 e. The van der Waals surface area contributed by atoms with Crippen molar-refractivity contribution in [1.29, 1.82) is 0 Å². The molecule has 4 nitrogen and oxygen atoms in total. The first-order valence-corrected chi connectivity index (χ1v) is 7.46.